The summed E-state index contributed by atoms with van der Waals surface area (Å²) < 4.78 is 0. The highest BCUT2D eigenvalue weighted by molar-refractivity contribution is 5.98. The number of carbonyl (C=O) groups excluding carboxylic acids is 2. The number of hydrogen-bond acceptors (Lipinski definition) is 4. The van der Waals surface area contributed by atoms with Crippen LogP contribution in [0.3, 0.4) is 0 Å². The molecule has 0 radical (unpaired) electrons. The van der Waals surface area contributed by atoms with E-state index in [0.717, 1.165) is 10.9 Å². The van der Waals surface area contributed by atoms with Crippen LogP contribution in [-0.4, -0.2) is 34.6 Å². The van der Waals surface area contributed by atoms with Gasteiger partial charge < -0.3 is 26.9 Å². The minimum atomic E-state index is -1.40. The lowest BCUT2D eigenvalue weighted by Crippen LogP contribution is -2.40. The summed E-state index contributed by atoms with van der Waals surface area (Å²) in [6.07, 6.45) is -1.40. The van der Waals surface area contributed by atoms with Gasteiger partial charge in [0, 0.05) is 16.6 Å². The number of hydrogen-bond donors (Lipinski definition) is 5. The van der Waals surface area contributed by atoms with Crippen LogP contribution in [0.15, 0.2) is 24.3 Å². The summed E-state index contributed by atoms with van der Waals surface area (Å²) in [5.74, 6) is -1.32. The van der Waals surface area contributed by atoms with Gasteiger partial charge in [0.1, 0.15) is 11.8 Å². The highest BCUT2D eigenvalue weighted by Crippen LogP contribution is 2.18. The predicted molar refractivity (Wildman–Crippen MR) is 70.2 cm³/mol. The Balaban J connectivity index is 2.11. The Morgan fingerprint density at radius 2 is 2.11 bits per heavy atom. The number of anilines is 1. The SMILES string of the molecule is NC(=O)C(O)CNC(=O)c1cc2cc(N)ccc2[nH]1. The number of amides is 2. The van der Waals surface area contributed by atoms with Crippen LogP contribution in [-0.2, 0) is 4.79 Å². The lowest BCUT2D eigenvalue weighted by atomic mass is 10.2. The number of nitrogens with one attached hydrogen (secondary N) is 2. The number of aliphatic hydroxyl groups is 1. The van der Waals surface area contributed by atoms with Gasteiger partial charge in [-0.05, 0) is 24.3 Å². The van der Waals surface area contributed by atoms with E-state index in [1.165, 1.54) is 0 Å². The van der Waals surface area contributed by atoms with Crippen LogP contribution in [0.25, 0.3) is 10.9 Å². The third-order valence-electron chi connectivity index (χ3n) is 2.67. The average Bonchev–Trinajstić information content (AvgIpc) is 2.78. The number of aromatic nitrogens is 1. The predicted octanol–water partition coefficient (Wildman–Crippen LogP) is -0.674. The quantitative estimate of drug-likeness (QED) is 0.467. The van der Waals surface area contributed by atoms with Gasteiger partial charge in [0.25, 0.3) is 5.91 Å². The summed E-state index contributed by atoms with van der Waals surface area (Å²) in [5, 5.41) is 12.4. The van der Waals surface area contributed by atoms with Gasteiger partial charge >= 0.3 is 0 Å². The lowest BCUT2D eigenvalue weighted by molar-refractivity contribution is -0.125. The maximum absolute atomic E-state index is 11.8. The zero-order valence-corrected chi connectivity index (χ0v) is 10.0. The van der Waals surface area contributed by atoms with Gasteiger partial charge in [-0.1, -0.05) is 0 Å². The second-order valence-corrected chi connectivity index (χ2v) is 4.16. The minimum Gasteiger partial charge on any atom is -0.399 e. The average molecular weight is 262 g/mol. The largest absolute Gasteiger partial charge is 0.399 e. The molecule has 1 heterocycles. The Morgan fingerprint density at radius 1 is 1.37 bits per heavy atom. The van der Waals surface area contributed by atoms with E-state index in [-0.39, 0.29) is 6.54 Å². The molecule has 0 aliphatic carbocycles. The monoisotopic (exact) mass is 262 g/mol. The number of rotatable bonds is 4. The van der Waals surface area contributed by atoms with Crippen molar-refractivity contribution in [3.05, 3.63) is 30.0 Å². The molecular formula is C12H14N4O3. The van der Waals surface area contributed by atoms with Crippen LogP contribution in [0.2, 0.25) is 0 Å². The number of fused-ring (bicyclic) bond motifs is 1. The zero-order chi connectivity index (χ0) is 14.0. The fourth-order valence-electron chi connectivity index (χ4n) is 1.66. The van der Waals surface area contributed by atoms with Crippen molar-refractivity contribution in [2.75, 3.05) is 12.3 Å². The van der Waals surface area contributed by atoms with E-state index in [9.17, 15) is 14.7 Å². The molecule has 2 amide bonds. The van der Waals surface area contributed by atoms with Crippen molar-refractivity contribution < 1.29 is 14.7 Å². The van der Waals surface area contributed by atoms with Gasteiger partial charge in [0.15, 0.2) is 0 Å². The van der Waals surface area contributed by atoms with E-state index >= 15 is 0 Å². The van der Waals surface area contributed by atoms with Crippen molar-refractivity contribution in [3.63, 3.8) is 0 Å². The molecular weight excluding hydrogens is 248 g/mol. The van der Waals surface area contributed by atoms with Gasteiger partial charge in [-0.15, -0.1) is 0 Å². The smallest absolute Gasteiger partial charge is 0.267 e. The topological polar surface area (TPSA) is 134 Å². The molecule has 1 aromatic heterocycles. The van der Waals surface area contributed by atoms with E-state index in [4.69, 9.17) is 11.5 Å². The number of aromatic amines is 1. The first-order valence-corrected chi connectivity index (χ1v) is 5.61. The second-order valence-electron chi connectivity index (χ2n) is 4.16. The number of primary amides is 1. The first-order chi connectivity index (χ1) is 8.97. The molecule has 7 heteroatoms. The highest BCUT2D eigenvalue weighted by atomic mass is 16.3. The summed E-state index contributed by atoms with van der Waals surface area (Å²) in [6, 6.07) is 6.86. The standard InChI is InChI=1S/C12H14N4O3/c13-7-1-2-8-6(3-7)4-9(16-8)12(19)15-5-10(17)11(14)18/h1-4,10,16-17H,5,13H2,(H2,14,18)(H,15,19). The van der Waals surface area contributed by atoms with E-state index in [2.05, 4.69) is 10.3 Å². The minimum absolute atomic E-state index is 0.230. The first-order valence-electron chi connectivity index (χ1n) is 5.61. The van der Waals surface area contributed by atoms with Crippen LogP contribution in [0.1, 0.15) is 10.5 Å². The third-order valence-corrected chi connectivity index (χ3v) is 2.67. The molecule has 0 bridgehead atoms. The molecule has 7 N–H and O–H groups in total. The third kappa shape index (κ3) is 2.83. The summed E-state index contributed by atoms with van der Waals surface area (Å²) in [7, 11) is 0. The van der Waals surface area contributed by atoms with Gasteiger partial charge in [-0.2, -0.15) is 0 Å². The summed E-state index contributed by atoms with van der Waals surface area (Å²) in [6.45, 7) is -0.230. The van der Waals surface area contributed by atoms with Crippen molar-refractivity contribution in [1.29, 1.82) is 0 Å². The maximum Gasteiger partial charge on any atom is 0.267 e. The van der Waals surface area contributed by atoms with Crippen molar-refractivity contribution in [1.82, 2.24) is 10.3 Å². The first kappa shape index (κ1) is 12.9. The number of benzene rings is 1. The van der Waals surface area contributed by atoms with Gasteiger partial charge in [0.05, 0.1) is 6.54 Å². The number of H-pyrrole nitrogens is 1. The Labute approximate surface area is 108 Å². The van der Waals surface area contributed by atoms with Crippen LogP contribution in [0.5, 0.6) is 0 Å². The number of nitrogen functional groups attached to an aromatic ring is 1. The molecule has 100 valence electrons. The van der Waals surface area contributed by atoms with Gasteiger partial charge in [-0.3, -0.25) is 9.59 Å². The summed E-state index contributed by atoms with van der Waals surface area (Å²) in [5.41, 5.74) is 12.2. The Bertz CT molecular complexity index is 635. The lowest BCUT2D eigenvalue weighted by Gasteiger charge is -2.07. The molecule has 0 saturated carbocycles. The summed E-state index contributed by atoms with van der Waals surface area (Å²) >= 11 is 0. The highest BCUT2D eigenvalue weighted by Gasteiger charge is 2.14. The molecule has 0 aliphatic rings. The molecule has 0 spiro atoms. The van der Waals surface area contributed by atoms with E-state index < -0.39 is 17.9 Å². The number of aliphatic hydroxyl groups excluding tert-OH is 1. The molecule has 7 nitrogen and oxygen atoms in total. The normalized spacial score (nSPS) is 12.3. The van der Waals surface area contributed by atoms with E-state index in [1.54, 1.807) is 24.3 Å². The zero-order valence-electron chi connectivity index (χ0n) is 10.0. The Morgan fingerprint density at radius 3 is 2.79 bits per heavy atom. The van der Waals surface area contributed by atoms with Crippen molar-refractivity contribution in [3.8, 4) is 0 Å². The molecule has 2 aromatic rings. The van der Waals surface area contributed by atoms with Crippen LogP contribution in [0, 0.1) is 0 Å². The van der Waals surface area contributed by atoms with E-state index in [1.807, 2.05) is 0 Å². The molecule has 1 unspecified atom stereocenters. The van der Waals surface area contributed by atoms with Crippen molar-refractivity contribution >= 4 is 28.4 Å². The van der Waals surface area contributed by atoms with Crippen LogP contribution >= 0.6 is 0 Å². The Kier molecular flexibility index (Phi) is 3.39. The fourth-order valence-corrected chi connectivity index (χ4v) is 1.66. The van der Waals surface area contributed by atoms with E-state index in [0.29, 0.717) is 11.4 Å². The molecule has 1 aromatic carbocycles. The number of carbonyl (C=O) groups is 2. The second kappa shape index (κ2) is 4.99. The summed E-state index contributed by atoms with van der Waals surface area (Å²) in [4.78, 5) is 25.3. The van der Waals surface area contributed by atoms with Crippen LogP contribution < -0.4 is 16.8 Å². The molecule has 1 atom stereocenters. The van der Waals surface area contributed by atoms with Gasteiger partial charge in [-0.25, -0.2) is 0 Å². The molecule has 2 rings (SSSR count). The van der Waals surface area contributed by atoms with Crippen molar-refractivity contribution in [2.45, 2.75) is 6.10 Å². The number of nitrogens with two attached hydrogens (primary N) is 2. The molecule has 0 aliphatic heterocycles. The van der Waals surface area contributed by atoms with Crippen LogP contribution in [0.4, 0.5) is 5.69 Å². The molecule has 0 fully saturated rings. The van der Waals surface area contributed by atoms with Gasteiger partial charge in [0.2, 0.25) is 5.91 Å². The fraction of sp³-hybridized carbons (Fsp3) is 0.167. The van der Waals surface area contributed by atoms with Crippen molar-refractivity contribution in [2.24, 2.45) is 5.73 Å². The molecule has 19 heavy (non-hydrogen) atoms. The maximum atomic E-state index is 11.8. The molecule has 0 saturated heterocycles. The Hall–Kier alpha value is -2.54.